The molecule has 2 unspecified atom stereocenters. The fourth-order valence-corrected chi connectivity index (χ4v) is 4.12. The molecule has 20 heavy (non-hydrogen) atoms. The summed E-state index contributed by atoms with van der Waals surface area (Å²) in [6, 6.07) is 2.88. The van der Waals surface area contributed by atoms with Gasteiger partial charge in [0.25, 0.3) is 0 Å². The first-order chi connectivity index (χ1) is 9.34. The number of benzene rings is 1. The molecule has 1 aliphatic heterocycles. The van der Waals surface area contributed by atoms with Crippen LogP contribution >= 0.6 is 0 Å². The van der Waals surface area contributed by atoms with Gasteiger partial charge in [-0.2, -0.15) is 4.31 Å². The van der Waals surface area contributed by atoms with E-state index in [1.807, 2.05) is 6.92 Å². The van der Waals surface area contributed by atoms with Gasteiger partial charge in [-0.3, -0.25) is 0 Å². The minimum atomic E-state index is -4.16. The van der Waals surface area contributed by atoms with Crippen LogP contribution in [0.1, 0.15) is 19.8 Å². The molecular weight excluding hydrogens is 286 g/mol. The quantitative estimate of drug-likeness (QED) is 0.924. The Hall–Kier alpha value is -1.05. The maximum Gasteiger partial charge on any atom is 0.248 e. The van der Waals surface area contributed by atoms with Gasteiger partial charge in [0.1, 0.15) is 11.6 Å². The number of hydrogen-bond acceptors (Lipinski definition) is 3. The lowest BCUT2D eigenvalue weighted by atomic mass is 9.93. The van der Waals surface area contributed by atoms with Crippen LogP contribution in [-0.4, -0.2) is 31.9 Å². The van der Waals surface area contributed by atoms with E-state index in [-0.39, 0.29) is 25.0 Å². The molecule has 0 aliphatic carbocycles. The Morgan fingerprint density at radius 2 is 1.95 bits per heavy atom. The Bertz CT molecular complexity index is 570. The first-order valence-corrected chi connectivity index (χ1v) is 7.98. The molecule has 1 aromatic rings. The lowest BCUT2D eigenvalue weighted by Crippen LogP contribution is -2.45. The first-order valence-electron chi connectivity index (χ1n) is 6.53. The van der Waals surface area contributed by atoms with Crippen LogP contribution in [0.5, 0.6) is 0 Å². The van der Waals surface area contributed by atoms with E-state index in [0.717, 1.165) is 28.9 Å². The van der Waals surface area contributed by atoms with E-state index in [0.29, 0.717) is 6.42 Å². The van der Waals surface area contributed by atoms with Crippen LogP contribution in [-0.2, 0) is 10.0 Å². The average Bonchev–Trinajstić information content (AvgIpc) is 2.38. The van der Waals surface area contributed by atoms with Crippen LogP contribution in [0, 0.1) is 17.6 Å². The highest BCUT2D eigenvalue weighted by atomic mass is 32.2. The molecule has 4 nitrogen and oxygen atoms in total. The number of rotatable bonds is 3. The zero-order valence-electron chi connectivity index (χ0n) is 11.2. The highest BCUT2D eigenvalue weighted by Crippen LogP contribution is 2.27. The molecule has 1 saturated heterocycles. The van der Waals surface area contributed by atoms with Crippen molar-refractivity contribution in [2.24, 2.45) is 11.7 Å². The largest absolute Gasteiger partial charge is 0.328 e. The molecule has 1 aromatic carbocycles. The lowest BCUT2D eigenvalue weighted by molar-refractivity contribution is 0.242. The Kier molecular flexibility index (Phi) is 4.41. The molecule has 0 amide bonds. The summed E-state index contributed by atoms with van der Waals surface area (Å²) in [6.45, 7) is 2.28. The topological polar surface area (TPSA) is 63.4 Å². The van der Waals surface area contributed by atoms with E-state index in [4.69, 9.17) is 5.73 Å². The van der Waals surface area contributed by atoms with Gasteiger partial charge in [0.2, 0.25) is 10.0 Å². The number of hydrogen-bond donors (Lipinski definition) is 1. The van der Waals surface area contributed by atoms with Crippen molar-refractivity contribution in [3.8, 4) is 0 Å². The van der Waals surface area contributed by atoms with E-state index in [1.54, 1.807) is 0 Å². The summed E-state index contributed by atoms with van der Waals surface area (Å²) in [5, 5.41) is 0. The second-order valence-electron chi connectivity index (χ2n) is 5.18. The third kappa shape index (κ3) is 2.84. The summed E-state index contributed by atoms with van der Waals surface area (Å²) < 4.78 is 53.3. The second-order valence-corrected chi connectivity index (χ2v) is 7.05. The molecule has 1 fully saturated rings. The van der Waals surface area contributed by atoms with Gasteiger partial charge in [0, 0.05) is 19.1 Å². The van der Waals surface area contributed by atoms with Gasteiger partial charge in [-0.25, -0.2) is 17.2 Å². The fraction of sp³-hybridized carbons (Fsp3) is 0.538. The third-order valence-electron chi connectivity index (χ3n) is 3.68. The van der Waals surface area contributed by atoms with Gasteiger partial charge in [-0.1, -0.05) is 6.07 Å². The predicted molar refractivity (Wildman–Crippen MR) is 71.5 cm³/mol. The van der Waals surface area contributed by atoms with Crippen LogP contribution < -0.4 is 5.73 Å². The van der Waals surface area contributed by atoms with Gasteiger partial charge in [0.05, 0.1) is 0 Å². The van der Waals surface area contributed by atoms with Crippen molar-refractivity contribution in [1.82, 2.24) is 4.31 Å². The molecule has 112 valence electrons. The van der Waals surface area contributed by atoms with Crippen molar-refractivity contribution in [3.63, 3.8) is 0 Å². The Morgan fingerprint density at radius 1 is 1.35 bits per heavy atom. The van der Waals surface area contributed by atoms with Crippen LogP contribution in [0.3, 0.4) is 0 Å². The molecular formula is C13H18F2N2O2S. The molecule has 0 saturated carbocycles. The van der Waals surface area contributed by atoms with Gasteiger partial charge >= 0.3 is 0 Å². The predicted octanol–water partition coefficient (Wildman–Crippen LogP) is 1.71. The zero-order valence-corrected chi connectivity index (χ0v) is 12.0. The molecule has 2 N–H and O–H groups in total. The molecule has 1 aliphatic rings. The molecule has 7 heteroatoms. The molecule has 0 aromatic heterocycles. The van der Waals surface area contributed by atoms with E-state index < -0.39 is 26.6 Å². The maximum atomic E-state index is 13.7. The normalized spacial score (nSPS) is 22.7. The Labute approximate surface area is 117 Å². The monoisotopic (exact) mass is 304 g/mol. The molecule has 2 rings (SSSR count). The van der Waals surface area contributed by atoms with E-state index in [2.05, 4.69) is 0 Å². The molecule has 1 heterocycles. The number of nitrogens with zero attached hydrogens (tertiary/aromatic N) is 1. The highest BCUT2D eigenvalue weighted by Gasteiger charge is 2.35. The smallest absolute Gasteiger partial charge is 0.248 e. The summed E-state index contributed by atoms with van der Waals surface area (Å²) in [4.78, 5) is -0.870. The van der Waals surface area contributed by atoms with Crippen LogP contribution in [0.2, 0.25) is 0 Å². The summed E-state index contributed by atoms with van der Waals surface area (Å²) in [7, 11) is -4.16. The van der Waals surface area contributed by atoms with Crippen molar-refractivity contribution >= 4 is 10.0 Å². The Balaban J connectivity index is 2.35. The lowest BCUT2D eigenvalue weighted by Gasteiger charge is -2.33. The van der Waals surface area contributed by atoms with Crippen molar-refractivity contribution in [1.29, 1.82) is 0 Å². The van der Waals surface area contributed by atoms with E-state index in [1.165, 1.54) is 0 Å². The molecule has 0 spiro atoms. The van der Waals surface area contributed by atoms with Gasteiger partial charge in [-0.15, -0.1) is 0 Å². The fourth-order valence-electron chi connectivity index (χ4n) is 2.48. The minimum Gasteiger partial charge on any atom is -0.328 e. The first kappa shape index (κ1) is 15.3. The minimum absolute atomic E-state index is 0.00774. The van der Waals surface area contributed by atoms with Gasteiger partial charge in [0.15, 0.2) is 4.90 Å². The van der Waals surface area contributed by atoms with Gasteiger partial charge < -0.3 is 5.73 Å². The van der Waals surface area contributed by atoms with Crippen molar-refractivity contribution in [3.05, 3.63) is 29.8 Å². The molecule has 0 radical (unpaired) electrons. The second kappa shape index (κ2) is 5.75. The standard InChI is InChI=1S/C13H18F2N2O2S/c1-9(16)10-4-3-7-17(8-10)20(18,19)13-11(14)5-2-6-12(13)15/h2,5-6,9-10H,3-4,7-8,16H2,1H3. The number of halogens is 2. The molecule has 0 bridgehead atoms. The van der Waals surface area contributed by atoms with Crippen molar-refractivity contribution in [2.75, 3.05) is 13.1 Å². The van der Waals surface area contributed by atoms with E-state index >= 15 is 0 Å². The van der Waals surface area contributed by atoms with Crippen LogP contribution in [0.25, 0.3) is 0 Å². The number of sulfonamides is 1. The Morgan fingerprint density at radius 3 is 2.50 bits per heavy atom. The average molecular weight is 304 g/mol. The van der Waals surface area contributed by atoms with E-state index in [9.17, 15) is 17.2 Å². The summed E-state index contributed by atoms with van der Waals surface area (Å²) >= 11 is 0. The summed E-state index contributed by atoms with van der Waals surface area (Å²) in [6.07, 6.45) is 1.46. The number of piperidine rings is 1. The maximum absolute atomic E-state index is 13.7. The summed E-state index contributed by atoms with van der Waals surface area (Å²) in [5.41, 5.74) is 5.80. The zero-order chi connectivity index (χ0) is 14.9. The van der Waals surface area contributed by atoms with Crippen molar-refractivity contribution < 1.29 is 17.2 Å². The third-order valence-corrected chi connectivity index (χ3v) is 5.60. The van der Waals surface area contributed by atoms with Crippen LogP contribution in [0.4, 0.5) is 8.78 Å². The summed E-state index contributed by atoms with van der Waals surface area (Å²) in [5.74, 6) is -2.12. The van der Waals surface area contributed by atoms with Crippen LogP contribution in [0.15, 0.2) is 23.1 Å². The molecule has 2 atom stereocenters. The number of nitrogens with two attached hydrogens (primary N) is 1. The SMILES string of the molecule is CC(N)C1CCCN(S(=O)(=O)c2c(F)cccc2F)C1. The highest BCUT2D eigenvalue weighted by molar-refractivity contribution is 7.89. The van der Waals surface area contributed by atoms with Gasteiger partial charge in [-0.05, 0) is 37.8 Å². The van der Waals surface area contributed by atoms with Crippen molar-refractivity contribution in [2.45, 2.75) is 30.7 Å².